The Morgan fingerprint density at radius 3 is 2.75 bits per heavy atom. The zero-order chi connectivity index (χ0) is 19.1. The number of nitrogens with one attached hydrogen (secondary N) is 1. The highest BCUT2D eigenvalue weighted by Crippen LogP contribution is 2.38. The molecule has 0 bridgehead atoms. The number of ether oxygens (including phenoxy) is 1. The van der Waals surface area contributed by atoms with Crippen LogP contribution in [0.15, 0.2) is 60.7 Å². The molecule has 0 unspecified atom stereocenters. The summed E-state index contributed by atoms with van der Waals surface area (Å²) < 4.78 is 5.45. The van der Waals surface area contributed by atoms with Crippen molar-refractivity contribution in [2.24, 2.45) is 0 Å². The van der Waals surface area contributed by atoms with E-state index >= 15 is 0 Å². The van der Waals surface area contributed by atoms with Gasteiger partial charge in [-0.05, 0) is 52.9 Å². The SMILES string of the molecule is CC[C@@H]1c2[nH]c3ccc(OC)cc3c2CCN1Cc1cccc2ccccc12. The van der Waals surface area contributed by atoms with Crippen molar-refractivity contribution in [3.05, 3.63) is 77.5 Å². The first kappa shape index (κ1) is 17.3. The van der Waals surface area contributed by atoms with Crippen LogP contribution in [-0.2, 0) is 13.0 Å². The summed E-state index contributed by atoms with van der Waals surface area (Å²) in [5, 5.41) is 4.01. The summed E-state index contributed by atoms with van der Waals surface area (Å²) in [6, 6.07) is 22.2. The van der Waals surface area contributed by atoms with Gasteiger partial charge in [-0.1, -0.05) is 49.4 Å². The monoisotopic (exact) mass is 370 g/mol. The van der Waals surface area contributed by atoms with E-state index in [1.165, 1.54) is 38.5 Å². The van der Waals surface area contributed by atoms with Crippen molar-refractivity contribution >= 4 is 21.7 Å². The summed E-state index contributed by atoms with van der Waals surface area (Å²) in [5.41, 5.74) is 5.49. The molecule has 0 aliphatic carbocycles. The fraction of sp³-hybridized carbons (Fsp3) is 0.280. The van der Waals surface area contributed by atoms with Gasteiger partial charge < -0.3 is 9.72 Å². The molecule has 1 atom stereocenters. The van der Waals surface area contributed by atoms with E-state index in [1.807, 2.05) is 6.07 Å². The van der Waals surface area contributed by atoms with E-state index in [4.69, 9.17) is 4.74 Å². The van der Waals surface area contributed by atoms with Crippen LogP contribution in [0.2, 0.25) is 0 Å². The summed E-state index contributed by atoms with van der Waals surface area (Å²) in [5.74, 6) is 0.931. The number of methoxy groups -OCH3 is 1. The molecule has 0 radical (unpaired) electrons. The van der Waals surface area contributed by atoms with Crippen LogP contribution >= 0.6 is 0 Å². The Kier molecular flexibility index (Phi) is 4.33. The van der Waals surface area contributed by atoms with Crippen LogP contribution in [0, 0.1) is 0 Å². The lowest BCUT2D eigenvalue weighted by Gasteiger charge is -2.35. The molecule has 0 amide bonds. The molecular weight excluding hydrogens is 344 g/mol. The topological polar surface area (TPSA) is 28.3 Å². The Morgan fingerprint density at radius 2 is 1.89 bits per heavy atom. The Bertz CT molecular complexity index is 1140. The van der Waals surface area contributed by atoms with Gasteiger partial charge in [-0.2, -0.15) is 0 Å². The summed E-state index contributed by atoms with van der Waals surface area (Å²) in [4.78, 5) is 6.36. The van der Waals surface area contributed by atoms with Crippen LogP contribution in [0.1, 0.15) is 36.2 Å². The fourth-order valence-electron chi connectivity index (χ4n) is 4.82. The van der Waals surface area contributed by atoms with Crippen LogP contribution in [0.5, 0.6) is 5.75 Å². The molecule has 0 fully saturated rings. The van der Waals surface area contributed by atoms with E-state index in [1.54, 1.807) is 7.11 Å². The number of fused-ring (bicyclic) bond motifs is 4. The fourth-order valence-corrected chi connectivity index (χ4v) is 4.82. The molecule has 3 heteroatoms. The third-order valence-electron chi connectivity index (χ3n) is 6.21. The van der Waals surface area contributed by atoms with Crippen molar-refractivity contribution < 1.29 is 4.74 Å². The van der Waals surface area contributed by atoms with Crippen molar-refractivity contribution in [2.45, 2.75) is 32.4 Å². The minimum absolute atomic E-state index is 0.418. The molecule has 3 aromatic carbocycles. The maximum Gasteiger partial charge on any atom is 0.119 e. The normalized spacial score (nSPS) is 17.1. The second-order valence-electron chi connectivity index (χ2n) is 7.71. The highest BCUT2D eigenvalue weighted by Gasteiger charge is 2.29. The van der Waals surface area contributed by atoms with Crippen molar-refractivity contribution in [3.8, 4) is 5.75 Å². The standard InChI is InChI=1S/C25H26N2O/c1-3-24-25-21(22-15-19(28-2)11-12-23(22)26-25)13-14-27(24)16-18-9-6-8-17-7-4-5-10-20(17)18/h4-12,15,24,26H,3,13-14,16H2,1-2H3/t24-/m1/s1. The number of nitrogens with zero attached hydrogens (tertiary/aromatic N) is 1. The quantitative estimate of drug-likeness (QED) is 0.489. The second kappa shape index (κ2) is 6.99. The number of aromatic nitrogens is 1. The van der Waals surface area contributed by atoms with E-state index < -0.39 is 0 Å². The molecule has 1 aliphatic rings. The maximum atomic E-state index is 5.45. The van der Waals surface area contributed by atoms with Crippen molar-refractivity contribution in [3.63, 3.8) is 0 Å². The van der Waals surface area contributed by atoms with Crippen LogP contribution in [0.4, 0.5) is 0 Å². The molecule has 4 aromatic rings. The van der Waals surface area contributed by atoms with Gasteiger partial charge in [0.25, 0.3) is 0 Å². The molecule has 0 spiro atoms. The van der Waals surface area contributed by atoms with Crippen LogP contribution in [-0.4, -0.2) is 23.5 Å². The van der Waals surface area contributed by atoms with Crippen LogP contribution in [0.25, 0.3) is 21.7 Å². The summed E-state index contributed by atoms with van der Waals surface area (Å²) in [6.45, 7) is 4.36. The summed E-state index contributed by atoms with van der Waals surface area (Å²) >= 11 is 0. The molecule has 28 heavy (non-hydrogen) atoms. The number of hydrogen-bond donors (Lipinski definition) is 1. The van der Waals surface area contributed by atoms with Gasteiger partial charge in [-0.25, -0.2) is 0 Å². The zero-order valence-corrected chi connectivity index (χ0v) is 16.5. The highest BCUT2D eigenvalue weighted by atomic mass is 16.5. The predicted molar refractivity (Wildman–Crippen MR) is 116 cm³/mol. The molecule has 142 valence electrons. The molecular formula is C25H26N2O. The average Bonchev–Trinajstić information content (AvgIpc) is 3.11. The van der Waals surface area contributed by atoms with Gasteiger partial charge in [0.1, 0.15) is 5.75 Å². The van der Waals surface area contributed by atoms with Crippen molar-refractivity contribution in [2.75, 3.05) is 13.7 Å². The third kappa shape index (κ3) is 2.78. The Hall–Kier alpha value is -2.78. The van der Waals surface area contributed by atoms with E-state index in [0.29, 0.717) is 6.04 Å². The summed E-state index contributed by atoms with van der Waals surface area (Å²) in [6.07, 6.45) is 2.17. The third-order valence-corrected chi connectivity index (χ3v) is 6.21. The lowest BCUT2D eigenvalue weighted by molar-refractivity contribution is 0.169. The van der Waals surface area contributed by atoms with Gasteiger partial charge in [0.05, 0.1) is 13.2 Å². The van der Waals surface area contributed by atoms with E-state index in [-0.39, 0.29) is 0 Å². The largest absolute Gasteiger partial charge is 0.497 e. The first-order valence-corrected chi connectivity index (χ1v) is 10.2. The zero-order valence-electron chi connectivity index (χ0n) is 16.5. The number of rotatable bonds is 4. The van der Waals surface area contributed by atoms with Crippen LogP contribution < -0.4 is 4.74 Å². The van der Waals surface area contributed by atoms with Gasteiger partial charge in [0.2, 0.25) is 0 Å². The van der Waals surface area contributed by atoms with Crippen molar-refractivity contribution in [1.82, 2.24) is 9.88 Å². The maximum absolute atomic E-state index is 5.45. The minimum Gasteiger partial charge on any atom is -0.497 e. The first-order chi connectivity index (χ1) is 13.8. The number of hydrogen-bond acceptors (Lipinski definition) is 2. The molecule has 5 rings (SSSR count). The Labute approximate surface area is 165 Å². The molecule has 0 saturated carbocycles. The molecule has 2 heterocycles. The lowest BCUT2D eigenvalue weighted by atomic mass is 9.94. The van der Waals surface area contributed by atoms with Gasteiger partial charge >= 0.3 is 0 Å². The van der Waals surface area contributed by atoms with Crippen LogP contribution in [0.3, 0.4) is 0 Å². The molecule has 1 aliphatic heterocycles. The van der Waals surface area contributed by atoms with Crippen molar-refractivity contribution in [1.29, 1.82) is 0 Å². The molecule has 1 aromatic heterocycles. The van der Waals surface area contributed by atoms with Gasteiger partial charge in [-0.3, -0.25) is 4.90 Å². The van der Waals surface area contributed by atoms with E-state index in [2.05, 4.69) is 71.4 Å². The van der Waals surface area contributed by atoms with E-state index in [9.17, 15) is 0 Å². The average molecular weight is 370 g/mol. The number of aromatic amines is 1. The first-order valence-electron chi connectivity index (χ1n) is 10.2. The summed E-state index contributed by atoms with van der Waals surface area (Å²) in [7, 11) is 1.74. The minimum atomic E-state index is 0.418. The predicted octanol–water partition coefficient (Wildman–Crippen LogP) is 5.84. The molecule has 1 N–H and O–H groups in total. The van der Waals surface area contributed by atoms with E-state index in [0.717, 1.165) is 31.7 Å². The van der Waals surface area contributed by atoms with Gasteiger partial charge in [0, 0.05) is 29.7 Å². The lowest BCUT2D eigenvalue weighted by Crippen LogP contribution is -2.34. The Morgan fingerprint density at radius 1 is 1.04 bits per heavy atom. The number of benzene rings is 3. The second-order valence-corrected chi connectivity index (χ2v) is 7.71. The molecule has 3 nitrogen and oxygen atoms in total. The smallest absolute Gasteiger partial charge is 0.119 e. The highest BCUT2D eigenvalue weighted by molar-refractivity contribution is 5.87. The van der Waals surface area contributed by atoms with Gasteiger partial charge in [0.15, 0.2) is 0 Å². The Balaban J connectivity index is 1.53. The molecule has 0 saturated heterocycles. The van der Waals surface area contributed by atoms with Gasteiger partial charge in [-0.15, -0.1) is 0 Å². The number of H-pyrrole nitrogens is 1.